The van der Waals surface area contributed by atoms with Crippen LogP contribution in [0.1, 0.15) is 11.3 Å². The zero-order valence-electron chi connectivity index (χ0n) is 10.7. The van der Waals surface area contributed by atoms with Gasteiger partial charge in [-0.3, -0.25) is 4.98 Å². The van der Waals surface area contributed by atoms with Gasteiger partial charge in [-0.1, -0.05) is 5.16 Å². The van der Waals surface area contributed by atoms with Crippen LogP contribution in [-0.2, 0) is 11.3 Å². The molecule has 98 valence electrons. The van der Waals surface area contributed by atoms with Gasteiger partial charge in [0.2, 0.25) is 0 Å². The van der Waals surface area contributed by atoms with E-state index in [1.54, 1.807) is 23.1 Å². The number of oxime groups is 1. The van der Waals surface area contributed by atoms with E-state index in [4.69, 9.17) is 5.26 Å². The quantitative estimate of drug-likeness (QED) is 0.527. The molecular weight excluding hydrogens is 256 g/mol. The summed E-state index contributed by atoms with van der Waals surface area (Å²) >= 11 is 0. The number of nitriles is 1. The van der Waals surface area contributed by atoms with Crippen molar-refractivity contribution in [3.63, 3.8) is 0 Å². The van der Waals surface area contributed by atoms with E-state index in [0.29, 0.717) is 17.6 Å². The first-order chi connectivity index (χ1) is 9.85. The average molecular weight is 266 g/mol. The lowest BCUT2D eigenvalue weighted by atomic mass is 10.2. The number of pyridine rings is 1. The van der Waals surface area contributed by atoms with Crippen molar-refractivity contribution in [2.45, 2.75) is 6.42 Å². The Morgan fingerprint density at radius 3 is 3.15 bits per heavy atom. The number of aromatic nitrogens is 4. The lowest BCUT2D eigenvalue weighted by Crippen LogP contribution is -1.99. The molecule has 3 aromatic rings. The predicted molar refractivity (Wildman–Crippen MR) is 72.2 cm³/mol. The molecule has 0 aliphatic rings. The number of fused-ring (bicyclic) bond motifs is 3. The minimum absolute atomic E-state index is 0.450. The van der Waals surface area contributed by atoms with Crippen molar-refractivity contribution in [1.82, 2.24) is 19.6 Å². The average Bonchev–Trinajstić information content (AvgIpc) is 2.91. The largest absolute Gasteiger partial charge is 0.399 e. The molecule has 3 heterocycles. The third-order valence-electron chi connectivity index (χ3n) is 2.92. The molecule has 0 spiro atoms. The van der Waals surface area contributed by atoms with E-state index >= 15 is 0 Å². The van der Waals surface area contributed by atoms with E-state index < -0.39 is 0 Å². The summed E-state index contributed by atoms with van der Waals surface area (Å²) in [6.07, 6.45) is 7.08. The number of rotatable bonds is 3. The van der Waals surface area contributed by atoms with Gasteiger partial charge in [-0.2, -0.15) is 10.4 Å². The number of hydrogen-bond acceptors (Lipinski definition) is 6. The summed E-state index contributed by atoms with van der Waals surface area (Å²) in [4.78, 5) is 13.2. The van der Waals surface area contributed by atoms with Gasteiger partial charge in [-0.25, -0.2) is 9.50 Å². The Morgan fingerprint density at radius 1 is 1.45 bits per heavy atom. The Kier molecular flexibility index (Phi) is 2.97. The van der Waals surface area contributed by atoms with Crippen LogP contribution in [0.15, 0.2) is 29.8 Å². The molecule has 0 unspecified atom stereocenters. The first-order valence-corrected chi connectivity index (χ1v) is 5.90. The van der Waals surface area contributed by atoms with Crippen LogP contribution in [0.2, 0.25) is 0 Å². The smallest absolute Gasteiger partial charge is 0.173 e. The lowest BCUT2D eigenvalue weighted by molar-refractivity contribution is 0.215. The van der Waals surface area contributed by atoms with Crippen molar-refractivity contribution in [1.29, 1.82) is 5.26 Å². The predicted octanol–water partition coefficient (Wildman–Crippen LogP) is 1.32. The van der Waals surface area contributed by atoms with E-state index in [1.165, 1.54) is 13.3 Å². The van der Waals surface area contributed by atoms with Gasteiger partial charge in [0.25, 0.3) is 0 Å². The fourth-order valence-corrected chi connectivity index (χ4v) is 2.04. The van der Waals surface area contributed by atoms with Crippen molar-refractivity contribution < 1.29 is 4.84 Å². The molecule has 7 heteroatoms. The standard InChI is InChI=1S/C13H10N6O/c1-20-18-5-2-11-10-8-16-13-9(6-14)7-17-19(13)12(10)3-4-15-11/h3-5,7-8H,2H2,1H3. The third-order valence-corrected chi connectivity index (χ3v) is 2.92. The highest BCUT2D eigenvalue weighted by Crippen LogP contribution is 2.18. The van der Waals surface area contributed by atoms with Crippen LogP contribution < -0.4 is 0 Å². The molecule has 3 rings (SSSR count). The summed E-state index contributed by atoms with van der Waals surface area (Å²) in [6.45, 7) is 0. The second-order valence-corrected chi connectivity index (χ2v) is 4.03. The highest BCUT2D eigenvalue weighted by atomic mass is 16.6. The minimum Gasteiger partial charge on any atom is -0.399 e. The molecule has 0 aliphatic carbocycles. The first-order valence-electron chi connectivity index (χ1n) is 5.90. The van der Waals surface area contributed by atoms with E-state index in [2.05, 4.69) is 31.1 Å². The Balaban J connectivity index is 2.21. The Labute approximate surface area is 114 Å². The normalized spacial score (nSPS) is 11.2. The van der Waals surface area contributed by atoms with Crippen LogP contribution in [0.25, 0.3) is 16.6 Å². The van der Waals surface area contributed by atoms with E-state index in [1.807, 2.05) is 6.07 Å². The minimum atomic E-state index is 0.450. The maximum absolute atomic E-state index is 9.01. The monoisotopic (exact) mass is 266 g/mol. The van der Waals surface area contributed by atoms with Crippen molar-refractivity contribution in [2.24, 2.45) is 5.16 Å². The van der Waals surface area contributed by atoms with Gasteiger partial charge in [-0.05, 0) is 6.07 Å². The molecule has 0 aliphatic heterocycles. The SMILES string of the molecule is CON=CCc1nccc2c1cnc1c(C#N)cnn12. The summed E-state index contributed by atoms with van der Waals surface area (Å²) in [5.74, 6) is 0. The molecule has 0 saturated carbocycles. The maximum atomic E-state index is 9.01. The van der Waals surface area contributed by atoms with E-state index in [9.17, 15) is 0 Å². The van der Waals surface area contributed by atoms with Crippen LogP contribution in [-0.4, -0.2) is 32.9 Å². The Hall–Kier alpha value is -3.01. The van der Waals surface area contributed by atoms with Crippen molar-refractivity contribution in [3.05, 3.63) is 35.9 Å². The zero-order chi connectivity index (χ0) is 13.9. The van der Waals surface area contributed by atoms with Crippen LogP contribution in [0.5, 0.6) is 0 Å². The molecule has 3 aromatic heterocycles. The van der Waals surface area contributed by atoms with Gasteiger partial charge < -0.3 is 4.84 Å². The van der Waals surface area contributed by atoms with Crippen LogP contribution in [0, 0.1) is 11.3 Å². The zero-order valence-corrected chi connectivity index (χ0v) is 10.7. The van der Waals surface area contributed by atoms with Crippen molar-refractivity contribution >= 4 is 22.8 Å². The van der Waals surface area contributed by atoms with Crippen molar-refractivity contribution in [2.75, 3.05) is 7.11 Å². The number of hydrogen-bond donors (Lipinski definition) is 0. The molecule has 0 aromatic carbocycles. The molecular formula is C13H10N6O. The Morgan fingerprint density at radius 2 is 2.35 bits per heavy atom. The summed E-state index contributed by atoms with van der Waals surface area (Å²) in [5.41, 5.74) is 2.67. The summed E-state index contributed by atoms with van der Waals surface area (Å²) in [6, 6.07) is 3.91. The molecule has 7 nitrogen and oxygen atoms in total. The van der Waals surface area contributed by atoms with Gasteiger partial charge in [-0.15, -0.1) is 0 Å². The van der Waals surface area contributed by atoms with Crippen LogP contribution in [0.3, 0.4) is 0 Å². The topological polar surface area (TPSA) is 88.5 Å². The lowest BCUT2D eigenvalue weighted by Gasteiger charge is -2.04. The molecule has 0 atom stereocenters. The highest BCUT2D eigenvalue weighted by molar-refractivity contribution is 5.85. The van der Waals surface area contributed by atoms with Gasteiger partial charge in [0.05, 0.1) is 17.4 Å². The fraction of sp³-hybridized carbons (Fsp3) is 0.154. The maximum Gasteiger partial charge on any atom is 0.173 e. The molecule has 20 heavy (non-hydrogen) atoms. The molecule has 0 fully saturated rings. The summed E-state index contributed by atoms with van der Waals surface area (Å²) < 4.78 is 1.65. The van der Waals surface area contributed by atoms with E-state index in [-0.39, 0.29) is 0 Å². The first kappa shape index (κ1) is 12.0. The van der Waals surface area contributed by atoms with E-state index in [0.717, 1.165) is 16.6 Å². The third kappa shape index (κ3) is 1.83. The number of nitrogens with zero attached hydrogens (tertiary/aromatic N) is 6. The molecule has 0 bridgehead atoms. The molecule has 0 radical (unpaired) electrons. The van der Waals surface area contributed by atoms with Gasteiger partial charge in [0.1, 0.15) is 18.7 Å². The molecule has 0 N–H and O–H groups in total. The highest BCUT2D eigenvalue weighted by Gasteiger charge is 2.10. The second kappa shape index (κ2) is 4.93. The van der Waals surface area contributed by atoms with Gasteiger partial charge in [0.15, 0.2) is 5.65 Å². The second-order valence-electron chi connectivity index (χ2n) is 4.03. The van der Waals surface area contributed by atoms with Crippen LogP contribution in [0.4, 0.5) is 0 Å². The summed E-state index contributed by atoms with van der Waals surface area (Å²) in [5, 5.41) is 17.8. The molecule has 0 saturated heterocycles. The van der Waals surface area contributed by atoms with Gasteiger partial charge >= 0.3 is 0 Å². The fourth-order valence-electron chi connectivity index (χ4n) is 2.04. The molecule has 0 amide bonds. The van der Waals surface area contributed by atoms with Crippen LogP contribution >= 0.6 is 0 Å². The van der Waals surface area contributed by atoms with Crippen molar-refractivity contribution in [3.8, 4) is 6.07 Å². The Bertz CT molecular complexity index is 845. The van der Waals surface area contributed by atoms with Gasteiger partial charge in [0, 0.05) is 30.4 Å². The summed E-state index contributed by atoms with van der Waals surface area (Å²) in [7, 11) is 1.49.